The van der Waals surface area contributed by atoms with Crippen molar-refractivity contribution in [3.8, 4) is 0 Å². The lowest BCUT2D eigenvalue weighted by atomic mass is 9.67. The van der Waals surface area contributed by atoms with Crippen LogP contribution < -0.4 is 0 Å². The lowest BCUT2D eigenvalue weighted by Crippen LogP contribution is -2.71. The summed E-state index contributed by atoms with van der Waals surface area (Å²) in [6, 6.07) is 10.6. The number of hydroxylamine groups is 2. The van der Waals surface area contributed by atoms with Crippen LogP contribution in [0, 0.1) is 5.92 Å². The molecule has 0 aromatic heterocycles. The van der Waals surface area contributed by atoms with Gasteiger partial charge in [0.25, 0.3) is 0 Å². The van der Waals surface area contributed by atoms with Gasteiger partial charge >= 0.3 is 0 Å². The Morgan fingerprint density at radius 3 is 2.37 bits per heavy atom. The molecule has 5 unspecified atom stereocenters. The number of hydrogen-bond donors (Lipinski definition) is 0. The molecule has 4 nitrogen and oxygen atoms in total. The standard InChI is InChI=1S/C23H37NO3/c1-7-21(5)17-23(25-16-18(3)27-23)19(4)22(6,8-2)24(21)26-15-14-20-12-10-9-11-13-20/h9-13,18-19H,7-8,14-17H2,1-6H3. The summed E-state index contributed by atoms with van der Waals surface area (Å²) >= 11 is 0. The van der Waals surface area contributed by atoms with E-state index in [0.717, 1.165) is 25.7 Å². The third kappa shape index (κ3) is 3.69. The van der Waals surface area contributed by atoms with Crippen LogP contribution in [-0.2, 0) is 20.7 Å². The average molecular weight is 376 g/mol. The normalized spacial score (nSPS) is 39.9. The van der Waals surface area contributed by atoms with E-state index in [4.69, 9.17) is 14.3 Å². The number of hydrogen-bond acceptors (Lipinski definition) is 4. The molecule has 152 valence electrons. The van der Waals surface area contributed by atoms with E-state index in [-0.39, 0.29) is 23.1 Å². The van der Waals surface area contributed by atoms with Gasteiger partial charge in [-0.3, -0.25) is 4.84 Å². The predicted octanol–water partition coefficient (Wildman–Crippen LogP) is 4.97. The van der Waals surface area contributed by atoms with Crippen molar-refractivity contribution >= 4 is 0 Å². The summed E-state index contributed by atoms with van der Waals surface area (Å²) in [6.07, 6.45) is 3.88. The Kier molecular flexibility index (Phi) is 6.02. The van der Waals surface area contributed by atoms with Crippen molar-refractivity contribution in [2.24, 2.45) is 5.92 Å². The molecule has 2 heterocycles. The SMILES string of the molecule is CCC1(C)CC2(OCC(C)O2)C(C)C(C)(CC)N1OCCc1ccccc1. The number of nitrogens with zero attached hydrogens (tertiary/aromatic N) is 1. The molecule has 2 aliphatic rings. The molecular formula is C23H37NO3. The maximum Gasteiger partial charge on any atom is 0.175 e. The highest BCUT2D eigenvalue weighted by atomic mass is 16.7. The summed E-state index contributed by atoms with van der Waals surface area (Å²) in [4.78, 5) is 6.52. The van der Waals surface area contributed by atoms with Crippen molar-refractivity contribution in [1.29, 1.82) is 0 Å². The molecule has 0 radical (unpaired) electrons. The van der Waals surface area contributed by atoms with Gasteiger partial charge in [0.05, 0.1) is 24.9 Å². The molecule has 0 aliphatic carbocycles. The Bertz CT molecular complexity index is 623. The van der Waals surface area contributed by atoms with E-state index in [1.165, 1.54) is 5.56 Å². The highest BCUT2D eigenvalue weighted by Crippen LogP contribution is 2.54. The first kappa shape index (κ1) is 20.8. The Morgan fingerprint density at radius 1 is 1.11 bits per heavy atom. The molecule has 27 heavy (non-hydrogen) atoms. The fraction of sp³-hybridized carbons (Fsp3) is 0.739. The molecule has 2 aliphatic heterocycles. The first-order valence-electron chi connectivity index (χ1n) is 10.6. The van der Waals surface area contributed by atoms with Gasteiger partial charge < -0.3 is 9.47 Å². The van der Waals surface area contributed by atoms with Crippen LogP contribution in [0.1, 0.15) is 66.4 Å². The molecule has 3 rings (SSSR count). The number of benzene rings is 1. The van der Waals surface area contributed by atoms with E-state index >= 15 is 0 Å². The number of rotatable bonds is 6. The second-order valence-electron chi connectivity index (χ2n) is 8.87. The van der Waals surface area contributed by atoms with E-state index < -0.39 is 5.79 Å². The van der Waals surface area contributed by atoms with Crippen molar-refractivity contribution < 1.29 is 14.3 Å². The van der Waals surface area contributed by atoms with Gasteiger partial charge in [0.15, 0.2) is 5.79 Å². The van der Waals surface area contributed by atoms with Crippen LogP contribution in [-0.4, -0.2) is 41.2 Å². The molecule has 0 saturated carbocycles. The zero-order valence-corrected chi connectivity index (χ0v) is 18.0. The largest absolute Gasteiger partial charge is 0.347 e. The topological polar surface area (TPSA) is 30.9 Å². The minimum Gasteiger partial charge on any atom is -0.347 e. The van der Waals surface area contributed by atoms with E-state index in [1.54, 1.807) is 0 Å². The molecule has 4 heteroatoms. The quantitative estimate of drug-likeness (QED) is 0.702. The second-order valence-corrected chi connectivity index (χ2v) is 8.87. The van der Waals surface area contributed by atoms with Gasteiger partial charge in [0.1, 0.15) is 0 Å². The van der Waals surface area contributed by atoms with Crippen molar-refractivity contribution in [2.45, 2.75) is 90.2 Å². The lowest BCUT2D eigenvalue weighted by molar-refractivity contribution is -0.367. The van der Waals surface area contributed by atoms with Crippen molar-refractivity contribution in [3.05, 3.63) is 35.9 Å². The van der Waals surface area contributed by atoms with Crippen LogP contribution in [0.25, 0.3) is 0 Å². The Labute approximate surface area is 165 Å². The summed E-state index contributed by atoms with van der Waals surface area (Å²) < 4.78 is 12.7. The third-order valence-corrected chi connectivity index (χ3v) is 7.07. The zero-order chi connectivity index (χ0) is 19.7. The minimum absolute atomic E-state index is 0.127. The van der Waals surface area contributed by atoms with Gasteiger partial charge in [-0.25, -0.2) is 0 Å². The van der Waals surface area contributed by atoms with Crippen LogP contribution >= 0.6 is 0 Å². The van der Waals surface area contributed by atoms with Crippen LogP contribution in [0.4, 0.5) is 0 Å². The first-order chi connectivity index (χ1) is 12.8. The number of piperidine rings is 1. The highest BCUT2D eigenvalue weighted by Gasteiger charge is 2.63. The summed E-state index contributed by atoms with van der Waals surface area (Å²) in [5.74, 6) is -0.287. The summed E-state index contributed by atoms with van der Waals surface area (Å²) in [6.45, 7) is 14.8. The Hall–Kier alpha value is -0.940. The van der Waals surface area contributed by atoms with Gasteiger partial charge in [0.2, 0.25) is 0 Å². The average Bonchev–Trinajstić information content (AvgIpc) is 3.05. The van der Waals surface area contributed by atoms with E-state index in [2.05, 4.69) is 76.9 Å². The summed E-state index contributed by atoms with van der Waals surface area (Å²) in [5, 5.41) is 2.30. The van der Waals surface area contributed by atoms with Crippen LogP contribution in [0.3, 0.4) is 0 Å². The lowest BCUT2D eigenvalue weighted by Gasteiger charge is -2.61. The maximum absolute atomic E-state index is 6.52. The fourth-order valence-electron chi connectivity index (χ4n) is 4.93. The molecule has 1 spiro atoms. The smallest absolute Gasteiger partial charge is 0.175 e. The van der Waals surface area contributed by atoms with E-state index in [0.29, 0.717) is 13.2 Å². The van der Waals surface area contributed by atoms with Gasteiger partial charge in [0, 0.05) is 17.9 Å². The maximum atomic E-state index is 6.52. The first-order valence-corrected chi connectivity index (χ1v) is 10.6. The molecule has 0 bridgehead atoms. The predicted molar refractivity (Wildman–Crippen MR) is 108 cm³/mol. The van der Waals surface area contributed by atoms with Crippen molar-refractivity contribution in [2.75, 3.05) is 13.2 Å². The van der Waals surface area contributed by atoms with Gasteiger partial charge in [-0.05, 0) is 45.6 Å². The van der Waals surface area contributed by atoms with Crippen molar-refractivity contribution in [3.63, 3.8) is 0 Å². The highest BCUT2D eigenvalue weighted by molar-refractivity contribution is 5.14. The summed E-state index contributed by atoms with van der Waals surface area (Å²) in [5.41, 5.74) is 1.04. The van der Waals surface area contributed by atoms with E-state index in [9.17, 15) is 0 Å². The number of ether oxygens (including phenoxy) is 2. The Morgan fingerprint density at radius 2 is 1.81 bits per heavy atom. The van der Waals surface area contributed by atoms with Gasteiger partial charge in [-0.15, -0.1) is 0 Å². The molecule has 0 amide bonds. The minimum atomic E-state index is -0.506. The molecule has 0 N–H and O–H groups in total. The van der Waals surface area contributed by atoms with Crippen LogP contribution in [0.5, 0.6) is 0 Å². The molecule has 2 fully saturated rings. The van der Waals surface area contributed by atoms with Gasteiger partial charge in [-0.1, -0.05) is 51.1 Å². The molecular weight excluding hydrogens is 338 g/mol. The molecule has 1 aromatic carbocycles. The van der Waals surface area contributed by atoms with Crippen LogP contribution in [0.15, 0.2) is 30.3 Å². The van der Waals surface area contributed by atoms with E-state index in [1.807, 2.05) is 0 Å². The van der Waals surface area contributed by atoms with Gasteiger partial charge in [-0.2, -0.15) is 5.06 Å². The summed E-state index contributed by atoms with van der Waals surface area (Å²) in [7, 11) is 0. The van der Waals surface area contributed by atoms with Crippen LogP contribution in [0.2, 0.25) is 0 Å². The Balaban J connectivity index is 1.82. The fourth-order valence-corrected chi connectivity index (χ4v) is 4.93. The van der Waals surface area contributed by atoms with Crippen molar-refractivity contribution in [1.82, 2.24) is 5.06 Å². The monoisotopic (exact) mass is 375 g/mol. The third-order valence-electron chi connectivity index (χ3n) is 7.07. The second kappa shape index (κ2) is 7.82. The molecule has 5 atom stereocenters. The molecule has 1 aromatic rings. The molecule has 2 saturated heterocycles. The zero-order valence-electron chi connectivity index (χ0n) is 18.0.